The summed E-state index contributed by atoms with van der Waals surface area (Å²) < 4.78 is 7.07. The maximum atomic E-state index is 14.8. The maximum absolute atomic E-state index is 14.8. The summed E-state index contributed by atoms with van der Waals surface area (Å²) in [6, 6.07) is 4.43. The van der Waals surface area contributed by atoms with Crippen LogP contribution in [-0.4, -0.2) is 82.2 Å². The van der Waals surface area contributed by atoms with Crippen LogP contribution in [-0.2, 0) is 19.1 Å². The Bertz CT molecular complexity index is 1270. The molecule has 2 saturated heterocycles. The first kappa shape index (κ1) is 29.5. The van der Waals surface area contributed by atoms with Crippen LogP contribution in [0.4, 0.5) is 5.69 Å². The van der Waals surface area contributed by atoms with Crippen molar-refractivity contribution in [1.29, 1.82) is 0 Å². The Morgan fingerprint density at radius 3 is 2.39 bits per heavy atom. The standard InChI is InChI=1S/C33H45N3O5/c1-7-15-34-16-9-13-32(8-2)26(29(34)38)27-30(39)36(24(20-37)18-21(3)4)28-31(40)35(17-10-14-33(27,28)41-32)25-19-22(5)11-12-23(25)6/h9-14,19,21,24,26-28,37H,7-8,15-18,20H2,1-6H3/t24-,26+,27+,28?,32-,33+/m1/s1. The van der Waals surface area contributed by atoms with Gasteiger partial charge in [0, 0.05) is 25.3 Å². The van der Waals surface area contributed by atoms with Crippen LogP contribution in [0.5, 0.6) is 0 Å². The second-order valence-corrected chi connectivity index (χ2v) is 12.7. The monoisotopic (exact) mass is 563 g/mol. The van der Waals surface area contributed by atoms with Gasteiger partial charge in [-0.2, -0.15) is 0 Å². The van der Waals surface area contributed by atoms with Gasteiger partial charge >= 0.3 is 0 Å². The lowest BCUT2D eigenvalue weighted by Gasteiger charge is -2.41. The van der Waals surface area contributed by atoms with Crippen molar-refractivity contribution in [1.82, 2.24) is 9.80 Å². The van der Waals surface area contributed by atoms with Crippen molar-refractivity contribution in [2.75, 3.05) is 31.1 Å². The molecule has 4 heterocycles. The van der Waals surface area contributed by atoms with Crippen molar-refractivity contribution < 1.29 is 24.2 Å². The molecule has 0 aliphatic carbocycles. The molecule has 1 aromatic carbocycles. The van der Waals surface area contributed by atoms with E-state index in [1.54, 1.807) is 9.80 Å². The second kappa shape index (κ2) is 11.0. The number of fused-ring (bicyclic) bond motifs is 2. The fourth-order valence-electron chi connectivity index (χ4n) is 7.66. The Morgan fingerprint density at radius 1 is 1.00 bits per heavy atom. The average Bonchev–Trinajstić information content (AvgIpc) is 3.24. The molecule has 41 heavy (non-hydrogen) atoms. The highest BCUT2D eigenvalue weighted by molar-refractivity contribution is 6.06. The highest BCUT2D eigenvalue weighted by Gasteiger charge is 2.76. The minimum Gasteiger partial charge on any atom is -0.394 e. The third-order valence-electron chi connectivity index (χ3n) is 9.46. The molecule has 8 nitrogen and oxygen atoms in total. The van der Waals surface area contributed by atoms with Gasteiger partial charge in [0.15, 0.2) is 0 Å². The van der Waals surface area contributed by atoms with E-state index in [-0.39, 0.29) is 30.2 Å². The number of benzene rings is 1. The van der Waals surface area contributed by atoms with E-state index in [0.717, 1.165) is 23.2 Å². The minimum atomic E-state index is -1.33. The average molecular weight is 564 g/mol. The molecule has 4 aliphatic heterocycles. The molecule has 0 bridgehead atoms. The summed E-state index contributed by atoms with van der Waals surface area (Å²) in [6.07, 6.45) is 9.59. The number of nitrogens with zero attached hydrogens (tertiary/aromatic N) is 3. The molecule has 0 aromatic heterocycles. The first-order valence-electron chi connectivity index (χ1n) is 15.2. The number of aliphatic hydroxyl groups excluding tert-OH is 1. The van der Waals surface area contributed by atoms with Crippen LogP contribution in [0.25, 0.3) is 0 Å². The molecule has 8 heteroatoms. The highest BCUT2D eigenvalue weighted by Crippen LogP contribution is 2.59. The number of likely N-dealkylation sites (tertiary alicyclic amines) is 1. The summed E-state index contributed by atoms with van der Waals surface area (Å²) in [6.45, 7) is 13.2. The number of aryl methyl sites for hydroxylation is 2. The molecule has 0 radical (unpaired) electrons. The maximum Gasteiger partial charge on any atom is 0.253 e. The quantitative estimate of drug-likeness (QED) is 0.487. The van der Waals surface area contributed by atoms with E-state index in [2.05, 4.69) is 0 Å². The van der Waals surface area contributed by atoms with E-state index in [4.69, 9.17) is 4.74 Å². The molecular weight excluding hydrogens is 518 g/mol. The molecule has 1 unspecified atom stereocenters. The predicted octanol–water partition coefficient (Wildman–Crippen LogP) is 3.78. The van der Waals surface area contributed by atoms with Gasteiger partial charge < -0.3 is 24.5 Å². The fourth-order valence-corrected chi connectivity index (χ4v) is 7.66. The Morgan fingerprint density at radius 2 is 1.73 bits per heavy atom. The third kappa shape index (κ3) is 4.54. The molecular formula is C33H45N3O5. The number of ether oxygens (including phenoxy) is 1. The first-order chi connectivity index (χ1) is 19.5. The molecule has 4 aliphatic rings. The van der Waals surface area contributed by atoms with Crippen LogP contribution in [0.3, 0.4) is 0 Å². The van der Waals surface area contributed by atoms with E-state index in [1.807, 2.05) is 88.9 Å². The lowest BCUT2D eigenvalue weighted by molar-refractivity contribution is -0.153. The summed E-state index contributed by atoms with van der Waals surface area (Å²) in [5.41, 5.74) is 0.441. The molecule has 1 aromatic rings. The minimum absolute atomic E-state index is 0.101. The van der Waals surface area contributed by atoms with E-state index >= 15 is 0 Å². The van der Waals surface area contributed by atoms with Gasteiger partial charge in [0.2, 0.25) is 11.8 Å². The summed E-state index contributed by atoms with van der Waals surface area (Å²) in [5, 5.41) is 10.6. The van der Waals surface area contributed by atoms with Crippen molar-refractivity contribution in [2.24, 2.45) is 17.8 Å². The number of amides is 3. The van der Waals surface area contributed by atoms with Gasteiger partial charge in [-0.15, -0.1) is 0 Å². The second-order valence-electron chi connectivity index (χ2n) is 12.7. The number of aliphatic hydroxyl groups is 1. The lowest BCUT2D eigenvalue weighted by Crippen LogP contribution is -2.59. The van der Waals surface area contributed by atoms with Crippen LogP contribution < -0.4 is 4.90 Å². The Kier molecular flexibility index (Phi) is 7.94. The number of carbonyl (C=O) groups excluding carboxylic acids is 3. The summed E-state index contributed by atoms with van der Waals surface area (Å²) in [5.74, 6) is -2.08. The van der Waals surface area contributed by atoms with Crippen LogP contribution in [0, 0.1) is 31.6 Å². The van der Waals surface area contributed by atoms with Gasteiger partial charge in [-0.25, -0.2) is 0 Å². The largest absolute Gasteiger partial charge is 0.394 e. The van der Waals surface area contributed by atoms with Gasteiger partial charge in [0.1, 0.15) is 11.6 Å². The van der Waals surface area contributed by atoms with Crippen molar-refractivity contribution in [3.05, 3.63) is 53.6 Å². The van der Waals surface area contributed by atoms with Crippen LogP contribution in [0.2, 0.25) is 0 Å². The third-order valence-corrected chi connectivity index (χ3v) is 9.46. The number of rotatable bonds is 8. The normalized spacial score (nSPS) is 31.9. The molecule has 3 amide bonds. The zero-order valence-corrected chi connectivity index (χ0v) is 25.3. The Balaban J connectivity index is 1.71. The summed E-state index contributed by atoms with van der Waals surface area (Å²) >= 11 is 0. The Labute approximate surface area is 244 Å². The number of hydrogen-bond acceptors (Lipinski definition) is 5. The SMILES string of the molecule is CCCN1CC=C[C@@]2(CC)O[C@]34C=CCN(c5cc(C)ccc5C)C(=O)C3N([C@@H](CO)CC(C)C)C(=O)[C@@H]4[C@H]2C1=O. The molecule has 2 fully saturated rings. The Hall–Kier alpha value is -2.97. The van der Waals surface area contributed by atoms with Crippen LogP contribution >= 0.6 is 0 Å². The molecule has 6 atom stereocenters. The van der Waals surface area contributed by atoms with Crippen LogP contribution in [0.15, 0.2) is 42.5 Å². The van der Waals surface area contributed by atoms with Crippen molar-refractivity contribution in [3.8, 4) is 0 Å². The van der Waals surface area contributed by atoms with E-state index < -0.39 is 35.1 Å². The zero-order chi connectivity index (χ0) is 29.7. The number of hydrogen-bond donors (Lipinski definition) is 1. The van der Waals surface area contributed by atoms with Gasteiger partial charge in [0.05, 0.1) is 30.1 Å². The van der Waals surface area contributed by atoms with E-state index in [9.17, 15) is 19.5 Å². The number of carbonyl (C=O) groups is 3. The van der Waals surface area contributed by atoms with Gasteiger partial charge in [-0.05, 0) is 56.2 Å². The van der Waals surface area contributed by atoms with Crippen molar-refractivity contribution in [2.45, 2.75) is 84.1 Å². The summed E-state index contributed by atoms with van der Waals surface area (Å²) in [4.78, 5) is 49.0. The van der Waals surface area contributed by atoms with Gasteiger partial charge in [-0.1, -0.05) is 64.1 Å². The molecule has 5 rings (SSSR count). The first-order valence-corrected chi connectivity index (χ1v) is 15.2. The lowest BCUT2D eigenvalue weighted by atomic mass is 9.73. The van der Waals surface area contributed by atoms with Gasteiger partial charge in [0.25, 0.3) is 5.91 Å². The topological polar surface area (TPSA) is 90.4 Å². The molecule has 1 N–H and O–H groups in total. The molecule has 1 spiro atoms. The van der Waals surface area contributed by atoms with Crippen LogP contribution in [0.1, 0.15) is 58.1 Å². The van der Waals surface area contributed by atoms with Gasteiger partial charge in [-0.3, -0.25) is 14.4 Å². The predicted molar refractivity (Wildman–Crippen MR) is 158 cm³/mol. The molecule has 0 saturated carbocycles. The van der Waals surface area contributed by atoms with E-state index in [1.165, 1.54) is 0 Å². The summed E-state index contributed by atoms with van der Waals surface area (Å²) in [7, 11) is 0. The number of anilines is 1. The van der Waals surface area contributed by atoms with E-state index in [0.29, 0.717) is 32.5 Å². The van der Waals surface area contributed by atoms with Crippen molar-refractivity contribution in [3.63, 3.8) is 0 Å². The zero-order valence-electron chi connectivity index (χ0n) is 25.3. The smallest absolute Gasteiger partial charge is 0.253 e. The fraction of sp³-hybridized carbons (Fsp3) is 0.606. The highest BCUT2D eigenvalue weighted by atomic mass is 16.5. The molecule has 222 valence electrons. The van der Waals surface area contributed by atoms with Crippen molar-refractivity contribution >= 4 is 23.4 Å².